The van der Waals surface area contributed by atoms with Gasteiger partial charge in [0.15, 0.2) is 5.82 Å². The summed E-state index contributed by atoms with van der Waals surface area (Å²) in [6.45, 7) is 6.15. The SMILES string of the molecule is Cc1ccc2cc([C@H](c3nnnn3C3CCCC3)N3CCN4CCC[C@@H]4C3)c(=O)[nH]c2c1. The van der Waals surface area contributed by atoms with Gasteiger partial charge in [0, 0.05) is 36.8 Å². The first-order valence-electron chi connectivity index (χ1n) is 12.1. The van der Waals surface area contributed by atoms with Crippen LogP contribution >= 0.6 is 0 Å². The molecule has 1 N–H and O–H groups in total. The fraction of sp³-hybridized carbons (Fsp3) is 0.583. The molecule has 2 aromatic heterocycles. The van der Waals surface area contributed by atoms with Crippen molar-refractivity contribution in [2.75, 3.05) is 26.2 Å². The second kappa shape index (κ2) is 8.08. The van der Waals surface area contributed by atoms with Gasteiger partial charge in [-0.2, -0.15) is 0 Å². The maximum Gasteiger partial charge on any atom is 0.253 e. The van der Waals surface area contributed by atoms with E-state index in [9.17, 15) is 4.79 Å². The number of nitrogens with one attached hydrogen (secondary N) is 1. The van der Waals surface area contributed by atoms with Gasteiger partial charge in [0.2, 0.25) is 0 Å². The first kappa shape index (κ1) is 20.1. The number of piperazine rings is 1. The van der Waals surface area contributed by atoms with E-state index < -0.39 is 0 Å². The molecule has 0 bridgehead atoms. The molecule has 1 aromatic carbocycles. The van der Waals surface area contributed by atoms with Crippen LogP contribution in [-0.2, 0) is 0 Å². The van der Waals surface area contributed by atoms with Gasteiger partial charge in [-0.3, -0.25) is 14.6 Å². The molecular formula is C24H31N7O. The number of hydrogen-bond donors (Lipinski definition) is 1. The highest BCUT2D eigenvalue weighted by molar-refractivity contribution is 5.79. The Balaban J connectivity index is 1.47. The van der Waals surface area contributed by atoms with Crippen LogP contribution in [0.15, 0.2) is 29.1 Å². The van der Waals surface area contributed by atoms with Crippen molar-refractivity contribution in [1.82, 2.24) is 35.0 Å². The van der Waals surface area contributed by atoms with Crippen LogP contribution in [0.2, 0.25) is 0 Å². The van der Waals surface area contributed by atoms with Crippen molar-refractivity contribution >= 4 is 10.9 Å². The zero-order valence-electron chi connectivity index (χ0n) is 18.7. The molecule has 1 saturated carbocycles. The predicted molar refractivity (Wildman–Crippen MR) is 123 cm³/mol. The largest absolute Gasteiger partial charge is 0.322 e. The second-order valence-corrected chi connectivity index (χ2v) is 9.79. The lowest BCUT2D eigenvalue weighted by Crippen LogP contribution is -2.52. The van der Waals surface area contributed by atoms with Crippen molar-refractivity contribution in [3.05, 3.63) is 51.6 Å². The van der Waals surface area contributed by atoms with Gasteiger partial charge in [-0.1, -0.05) is 25.0 Å². The minimum atomic E-state index is -0.234. The van der Waals surface area contributed by atoms with Crippen LogP contribution in [-0.4, -0.2) is 67.2 Å². The van der Waals surface area contributed by atoms with Gasteiger partial charge in [-0.15, -0.1) is 5.10 Å². The summed E-state index contributed by atoms with van der Waals surface area (Å²) in [7, 11) is 0. The molecule has 8 nitrogen and oxygen atoms in total. The summed E-state index contributed by atoms with van der Waals surface area (Å²) < 4.78 is 2.03. The Bertz CT molecular complexity index is 1180. The van der Waals surface area contributed by atoms with Gasteiger partial charge in [-0.05, 0) is 72.7 Å². The summed E-state index contributed by atoms with van der Waals surface area (Å²) >= 11 is 0. The lowest BCUT2D eigenvalue weighted by Gasteiger charge is -2.41. The molecule has 0 radical (unpaired) electrons. The van der Waals surface area contributed by atoms with Crippen molar-refractivity contribution in [3.63, 3.8) is 0 Å². The average molecular weight is 434 g/mol. The summed E-state index contributed by atoms with van der Waals surface area (Å²) in [5.74, 6) is 0.820. The fourth-order valence-corrected chi connectivity index (χ4v) is 6.07. The molecule has 0 unspecified atom stereocenters. The zero-order valence-corrected chi connectivity index (χ0v) is 18.7. The highest BCUT2D eigenvalue weighted by Crippen LogP contribution is 2.35. The number of rotatable bonds is 4. The molecule has 32 heavy (non-hydrogen) atoms. The molecule has 8 heteroatoms. The van der Waals surface area contributed by atoms with Crippen LogP contribution in [0.3, 0.4) is 0 Å². The number of aryl methyl sites for hydroxylation is 1. The minimum Gasteiger partial charge on any atom is -0.322 e. The van der Waals surface area contributed by atoms with Crippen LogP contribution in [0.4, 0.5) is 0 Å². The van der Waals surface area contributed by atoms with Crippen LogP contribution in [0.1, 0.15) is 67.6 Å². The zero-order chi connectivity index (χ0) is 21.7. The molecule has 2 saturated heterocycles. The number of tetrazole rings is 1. The number of pyridine rings is 1. The number of benzene rings is 1. The number of nitrogens with zero attached hydrogens (tertiary/aromatic N) is 6. The van der Waals surface area contributed by atoms with Crippen LogP contribution in [0, 0.1) is 6.92 Å². The standard InChI is InChI=1S/C24H31N7O/c1-16-8-9-17-14-20(24(32)25-21(17)13-16)22(30-12-11-29-10-4-7-19(29)15-30)23-26-27-28-31(23)18-5-2-3-6-18/h8-9,13-14,18-19,22H,2-7,10-12,15H2,1H3,(H,25,32)/t19-,22-/m1/s1. The average Bonchev–Trinajstić information content (AvgIpc) is 3.55. The van der Waals surface area contributed by atoms with Crippen molar-refractivity contribution in [3.8, 4) is 0 Å². The molecular weight excluding hydrogens is 402 g/mol. The van der Waals surface area contributed by atoms with Crippen LogP contribution in [0.5, 0.6) is 0 Å². The quantitative estimate of drug-likeness (QED) is 0.681. The Morgan fingerprint density at radius 2 is 1.88 bits per heavy atom. The molecule has 3 aromatic rings. The highest BCUT2D eigenvalue weighted by Gasteiger charge is 2.38. The topological polar surface area (TPSA) is 82.9 Å². The third-order valence-electron chi connectivity index (χ3n) is 7.74. The van der Waals surface area contributed by atoms with E-state index in [0.717, 1.165) is 60.3 Å². The van der Waals surface area contributed by atoms with E-state index in [1.807, 2.05) is 17.7 Å². The number of aromatic amines is 1. The Morgan fingerprint density at radius 3 is 2.75 bits per heavy atom. The number of hydrogen-bond acceptors (Lipinski definition) is 6. The summed E-state index contributed by atoms with van der Waals surface area (Å²) in [5.41, 5.74) is 2.73. The van der Waals surface area contributed by atoms with Gasteiger partial charge in [0.25, 0.3) is 5.56 Å². The van der Waals surface area contributed by atoms with E-state index in [-0.39, 0.29) is 11.6 Å². The third-order valence-corrected chi connectivity index (χ3v) is 7.74. The van der Waals surface area contributed by atoms with Crippen LogP contribution in [0.25, 0.3) is 10.9 Å². The van der Waals surface area contributed by atoms with Crippen molar-refractivity contribution in [1.29, 1.82) is 0 Å². The lowest BCUT2D eigenvalue weighted by atomic mass is 10.0. The maximum atomic E-state index is 13.4. The summed E-state index contributed by atoms with van der Waals surface area (Å²) in [5, 5.41) is 14.1. The Labute approximate surface area is 187 Å². The lowest BCUT2D eigenvalue weighted by molar-refractivity contribution is 0.0783. The first-order chi connectivity index (χ1) is 15.7. The van der Waals surface area contributed by atoms with Gasteiger partial charge < -0.3 is 4.98 Å². The Kier molecular flexibility index (Phi) is 5.07. The molecule has 1 aliphatic carbocycles. The molecule has 4 heterocycles. The van der Waals surface area contributed by atoms with Gasteiger partial charge in [-0.25, -0.2) is 4.68 Å². The van der Waals surface area contributed by atoms with Gasteiger partial charge >= 0.3 is 0 Å². The van der Waals surface area contributed by atoms with E-state index in [2.05, 4.69) is 48.5 Å². The van der Waals surface area contributed by atoms with E-state index in [4.69, 9.17) is 0 Å². The van der Waals surface area contributed by atoms with Gasteiger partial charge in [0.05, 0.1) is 6.04 Å². The van der Waals surface area contributed by atoms with E-state index in [0.29, 0.717) is 12.1 Å². The monoisotopic (exact) mass is 433 g/mol. The molecule has 0 amide bonds. The molecule has 3 aliphatic rings. The van der Waals surface area contributed by atoms with E-state index >= 15 is 0 Å². The Morgan fingerprint density at radius 1 is 1.03 bits per heavy atom. The molecule has 0 spiro atoms. The van der Waals surface area contributed by atoms with E-state index in [1.165, 1.54) is 32.2 Å². The maximum absolute atomic E-state index is 13.4. The van der Waals surface area contributed by atoms with Crippen molar-refractivity contribution in [2.24, 2.45) is 0 Å². The molecule has 168 valence electrons. The number of H-pyrrole nitrogens is 1. The molecule has 6 rings (SSSR count). The summed E-state index contributed by atoms with van der Waals surface area (Å²) in [4.78, 5) is 21.6. The molecule has 2 atom stereocenters. The number of fused-ring (bicyclic) bond motifs is 2. The predicted octanol–water partition coefficient (Wildman–Crippen LogP) is 2.81. The highest BCUT2D eigenvalue weighted by atomic mass is 16.1. The first-order valence-corrected chi connectivity index (χ1v) is 12.1. The Hall–Kier alpha value is -2.58. The fourth-order valence-electron chi connectivity index (χ4n) is 6.07. The molecule has 2 aliphatic heterocycles. The minimum absolute atomic E-state index is 0.0390. The van der Waals surface area contributed by atoms with Crippen molar-refractivity contribution < 1.29 is 0 Å². The third kappa shape index (κ3) is 3.46. The second-order valence-electron chi connectivity index (χ2n) is 9.79. The summed E-state index contributed by atoms with van der Waals surface area (Å²) in [6, 6.07) is 8.95. The van der Waals surface area contributed by atoms with Crippen molar-refractivity contribution in [2.45, 2.75) is 63.6 Å². The normalized spacial score (nSPS) is 23.7. The summed E-state index contributed by atoms with van der Waals surface area (Å²) in [6.07, 6.45) is 7.13. The molecule has 3 fully saturated rings. The van der Waals surface area contributed by atoms with Crippen LogP contribution < -0.4 is 5.56 Å². The van der Waals surface area contributed by atoms with Gasteiger partial charge in [0.1, 0.15) is 6.04 Å². The smallest absolute Gasteiger partial charge is 0.253 e. The number of aromatic nitrogens is 5. The van der Waals surface area contributed by atoms with E-state index in [1.54, 1.807) is 0 Å².